The average molecular weight is 343 g/mol. The van der Waals surface area contributed by atoms with Gasteiger partial charge in [-0.1, -0.05) is 12.1 Å². The molecule has 2 N–H and O–H groups in total. The van der Waals surface area contributed by atoms with Crippen molar-refractivity contribution in [2.45, 2.75) is 6.42 Å². The van der Waals surface area contributed by atoms with Gasteiger partial charge in [-0.15, -0.1) is 22.7 Å². The van der Waals surface area contributed by atoms with Gasteiger partial charge in [-0.2, -0.15) is 0 Å². The van der Waals surface area contributed by atoms with E-state index in [4.69, 9.17) is 0 Å². The molecule has 5 nitrogen and oxygen atoms in total. The van der Waals surface area contributed by atoms with E-state index in [1.807, 2.05) is 28.1 Å². The molecule has 0 saturated carbocycles. The van der Waals surface area contributed by atoms with Crippen LogP contribution in [0.1, 0.15) is 15.2 Å². The molecule has 3 heterocycles. The second kappa shape index (κ2) is 5.68. The highest BCUT2D eigenvalue weighted by Gasteiger charge is 2.14. The Labute approximate surface area is 139 Å². The van der Waals surface area contributed by atoms with Crippen LogP contribution in [0.3, 0.4) is 0 Å². The Morgan fingerprint density at radius 3 is 3.13 bits per heavy atom. The second-order valence-electron chi connectivity index (χ2n) is 5.14. The van der Waals surface area contributed by atoms with Crippen LogP contribution in [0.15, 0.2) is 41.9 Å². The van der Waals surface area contributed by atoms with Gasteiger partial charge in [0.05, 0.1) is 10.4 Å². The quantitative estimate of drug-likeness (QED) is 0.597. The number of thiazole rings is 1. The van der Waals surface area contributed by atoms with Crippen molar-refractivity contribution in [2.24, 2.45) is 0 Å². The molecule has 1 aromatic carbocycles. The number of aromatic hydroxyl groups is 1. The van der Waals surface area contributed by atoms with E-state index in [0.29, 0.717) is 17.8 Å². The molecule has 1 amide bonds. The number of carbonyl (C=O) groups is 1. The van der Waals surface area contributed by atoms with E-state index in [1.54, 1.807) is 29.5 Å². The number of fused-ring (bicyclic) bond motifs is 3. The van der Waals surface area contributed by atoms with Gasteiger partial charge in [-0.05, 0) is 30.2 Å². The van der Waals surface area contributed by atoms with Crippen molar-refractivity contribution < 1.29 is 9.90 Å². The molecule has 0 unspecified atom stereocenters. The smallest absolute Gasteiger partial charge is 0.261 e. The Bertz CT molecular complexity index is 999. The van der Waals surface area contributed by atoms with E-state index in [2.05, 4.69) is 10.3 Å². The minimum atomic E-state index is -0.0860. The summed E-state index contributed by atoms with van der Waals surface area (Å²) < 4.78 is 2.00. The molecule has 116 valence electrons. The number of rotatable bonds is 4. The summed E-state index contributed by atoms with van der Waals surface area (Å²) in [7, 11) is 0. The number of nitrogens with zero attached hydrogens (tertiary/aromatic N) is 2. The Hall–Kier alpha value is -2.38. The SMILES string of the molecule is O=C(NCCc1cccc(O)c1)c1cc2c(nc3sccn32)s1. The molecule has 0 saturated heterocycles. The zero-order valence-electron chi connectivity index (χ0n) is 12.0. The molecule has 0 radical (unpaired) electrons. The summed E-state index contributed by atoms with van der Waals surface area (Å²) in [5.74, 6) is 0.158. The first-order valence-electron chi connectivity index (χ1n) is 7.12. The molecule has 0 fully saturated rings. The Morgan fingerprint density at radius 2 is 2.26 bits per heavy atom. The summed E-state index contributed by atoms with van der Waals surface area (Å²) in [6, 6.07) is 8.96. The van der Waals surface area contributed by atoms with Crippen LogP contribution in [-0.4, -0.2) is 26.9 Å². The first kappa shape index (κ1) is 14.2. The van der Waals surface area contributed by atoms with Gasteiger partial charge in [0.2, 0.25) is 0 Å². The van der Waals surface area contributed by atoms with Crippen molar-refractivity contribution in [3.05, 3.63) is 52.3 Å². The fourth-order valence-corrected chi connectivity index (χ4v) is 4.20. The van der Waals surface area contributed by atoms with Crippen LogP contribution in [0.25, 0.3) is 15.3 Å². The van der Waals surface area contributed by atoms with Gasteiger partial charge in [0.15, 0.2) is 4.96 Å². The predicted molar refractivity (Wildman–Crippen MR) is 92.6 cm³/mol. The number of phenolic OH excluding ortho intramolecular Hbond substituents is 1. The zero-order valence-corrected chi connectivity index (χ0v) is 13.7. The van der Waals surface area contributed by atoms with Gasteiger partial charge in [-0.25, -0.2) is 4.98 Å². The maximum Gasteiger partial charge on any atom is 0.261 e. The number of hydrogen-bond acceptors (Lipinski definition) is 5. The number of amides is 1. The molecule has 4 aromatic rings. The molecule has 3 aromatic heterocycles. The fraction of sp³-hybridized carbons (Fsp3) is 0.125. The summed E-state index contributed by atoms with van der Waals surface area (Å²) in [4.78, 5) is 19.3. The normalized spacial score (nSPS) is 11.3. The molecule has 0 aliphatic heterocycles. The summed E-state index contributed by atoms with van der Waals surface area (Å²) >= 11 is 2.99. The highest BCUT2D eigenvalue weighted by Crippen LogP contribution is 2.28. The molecule has 4 rings (SSSR count). The van der Waals surface area contributed by atoms with Crippen LogP contribution >= 0.6 is 22.7 Å². The van der Waals surface area contributed by atoms with Crippen molar-refractivity contribution in [1.29, 1.82) is 0 Å². The Balaban J connectivity index is 1.45. The van der Waals surface area contributed by atoms with Crippen LogP contribution in [0, 0.1) is 0 Å². The fourth-order valence-electron chi connectivity index (χ4n) is 2.48. The van der Waals surface area contributed by atoms with Crippen molar-refractivity contribution in [2.75, 3.05) is 6.54 Å². The lowest BCUT2D eigenvalue weighted by Gasteiger charge is -2.04. The minimum Gasteiger partial charge on any atom is -0.508 e. The maximum absolute atomic E-state index is 12.3. The van der Waals surface area contributed by atoms with Crippen molar-refractivity contribution >= 4 is 43.9 Å². The van der Waals surface area contributed by atoms with Crippen molar-refractivity contribution in [1.82, 2.24) is 14.7 Å². The number of thiophene rings is 1. The molecular formula is C16H13N3O2S2. The highest BCUT2D eigenvalue weighted by molar-refractivity contribution is 7.21. The van der Waals surface area contributed by atoms with Gasteiger partial charge in [-0.3, -0.25) is 9.20 Å². The van der Waals surface area contributed by atoms with Crippen molar-refractivity contribution in [3.8, 4) is 5.75 Å². The predicted octanol–water partition coefficient (Wildman–Crippen LogP) is 3.29. The molecule has 0 spiro atoms. The monoisotopic (exact) mass is 343 g/mol. The van der Waals surface area contributed by atoms with Crippen LogP contribution in [0.4, 0.5) is 0 Å². The van der Waals surface area contributed by atoms with Crippen LogP contribution in [0.2, 0.25) is 0 Å². The summed E-state index contributed by atoms with van der Waals surface area (Å²) in [6.45, 7) is 0.527. The molecular weight excluding hydrogens is 330 g/mol. The number of aromatic nitrogens is 2. The third-order valence-electron chi connectivity index (χ3n) is 3.57. The van der Waals surface area contributed by atoms with E-state index in [1.165, 1.54) is 11.3 Å². The zero-order chi connectivity index (χ0) is 15.8. The van der Waals surface area contributed by atoms with Gasteiger partial charge in [0.25, 0.3) is 5.91 Å². The number of carbonyl (C=O) groups excluding carboxylic acids is 1. The van der Waals surface area contributed by atoms with Gasteiger partial charge in [0, 0.05) is 18.1 Å². The first-order chi connectivity index (χ1) is 11.2. The lowest BCUT2D eigenvalue weighted by Crippen LogP contribution is -2.24. The number of benzene rings is 1. The van der Waals surface area contributed by atoms with E-state index >= 15 is 0 Å². The van der Waals surface area contributed by atoms with E-state index in [0.717, 1.165) is 20.9 Å². The van der Waals surface area contributed by atoms with Gasteiger partial charge in [0.1, 0.15) is 10.6 Å². The molecule has 23 heavy (non-hydrogen) atoms. The first-order valence-corrected chi connectivity index (χ1v) is 8.81. The maximum atomic E-state index is 12.3. The second-order valence-corrected chi connectivity index (χ2v) is 7.05. The van der Waals surface area contributed by atoms with Gasteiger partial charge >= 0.3 is 0 Å². The summed E-state index contributed by atoms with van der Waals surface area (Å²) in [5, 5.41) is 14.3. The largest absolute Gasteiger partial charge is 0.508 e. The third kappa shape index (κ3) is 2.69. The van der Waals surface area contributed by atoms with Crippen molar-refractivity contribution in [3.63, 3.8) is 0 Å². The molecule has 0 atom stereocenters. The van der Waals surface area contributed by atoms with E-state index in [9.17, 15) is 9.90 Å². The number of hydrogen-bond donors (Lipinski definition) is 2. The van der Waals surface area contributed by atoms with Crippen LogP contribution < -0.4 is 5.32 Å². The molecule has 0 aliphatic rings. The van der Waals surface area contributed by atoms with E-state index < -0.39 is 0 Å². The van der Waals surface area contributed by atoms with E-state index in [-0.39, 0.29) is 11.7 Å². The Morgan fingerprint density at radius 1 is 1.35 bits per heavy atom. The number of nitrogens with one attached hydrogen (secondary N) is 1. The minimum absolute atomic E-state index is 0.0860. The molecule has 7 heteroatoms. The molecule has 0 bridgehead atoms. The lowest BCUT2D eigenvalue weighted by molar-refractivity contribution is 0.0958. The van der Waals surface area contributed by atoms with Crippen LogP contribution in [-0.2, 0) is 6.42 Å². The number of imidazole rings is 1. The standard InChI is InChI=1S/C16H13N3O2S2/c20-11-3-1-2-10(8-11)4-5-17-14(21)13-9-12-15(23-13)18-16-19(12)6-7-22-16/h1-3,6-9,20H,4-5H2,(H,17,21). The topological polar surface area (TPSA) is 66.6 Å². The summed E-state index contributed by atoms with van der Waals surface area (Å²) in [5.41, 5.74) is 1.97. The van der Waals surface area contributed by atoms with Gasteiger partial charge < -0.3 is 10.4 Å². The highest BCUT2D eigenvalue weighted by atomic mass is 32.1. The average Bonchev–Trinajstić information content (AvgIpc) is 3.18. The van der Waals surface area contributed by atoms with Crippen LogP contribution in [0.5, 0.6) is 5.75 Å². The molecule has 0 aliphatic carbocycles. The lowest BCUT2D eigenvalue weighted by atomic mass is 10.1. The number of phenols is 1. The summed E-state index contributed by atoms with van der Waals surface area (Å²) in [6.07, 6.45) is 2.64. The Kier molecular flexibility index (Phi) is 3.51. The third-order valence-corrected chi connectivity index (χ3v) is 5.35.